The highest BCUT2D eigenvalue weighted by atomic mass is 127. The number of phenols is 1. The molecule has 7 nitrogen and oxygen atoms in total. The van der Waals surface area contributed by atoms with Gasteiger partial charge in [0.05, 0.1) is 7.14 Å². The quantitative estimate of drug-likeness (QED) is 0.167. The van der Waals surface area contributed by atoms with Crippen LogP contribution in [-0.2, 0) is 27.3 Å². The molecule has 0 saturated carbocycles. The van der Waals surface area contributed by atoms with Gasteiger partial charge in [-0.15, -0.1) is 0 Å². The summed E-state index contributed by atoms with van der Waals surface area (Å²) in [6.45, 7) is -0.437. The van der Waals surface area contributed by atoms with Gasteiger partial charge < -0.3 is 19.9 Å². The highest BCUT2D eigenvalue weighted by molar-refractivity contribution is 14.1. The predicted molar refractivity (Wildman–Crippen MR) is 150 cm³/mol. The number of carbonyl (C=O) groups is 3. The number of ketones is 1. The third-order valence-electron chi connectivity index (χ3n) is 4.82. The van der Waals surface area contributed by atoms with Gasteiger partial charge in [-0.2, -0.15) is 0 Å². The Morgan fingerprint density at radius 3 is 2.17 bits per heavy atom. The van der Waals surface area contributed by atoms with Crippen molar-refractivity contribution >= 4 is 79.0 Å². The van der Waals surface area contributed by atoms with Gasteiger partial charge in [0.1, 0.15) is 18.4 Å². The van der Waals surface area contributed by atoms with E-state index in [0.29, 0.717) is 18.3 Å². The second kappa shape index (κ2) is 13.2. The van der Waals surface area contributed by atoms with Crippen LogP contribution in [0.3, 0.4) is 0 Å². The van der Waals surface area contributed by atoms with Crippen molar-refractivity contribution in [2.75, 3.05) is 6.61 Å². The van der Waals surface area contributed by atoms with Crippen LogP contribution in [0.2, 0.25) is 0 Å². The van der Waals surface area contributed by atoms with Crippen LogP contribution in [0, 0.1) is 7.14 Å². The van der Waals surface area contributed by atoms with Gasteiger partial charge in [-0.1, -0.05) is 58.4 Å². The highest BCUT2D eigenvalue weighted by Gasteiger charge is 2.25. The van der Waals surface area contributed by atoms with E-state index in [1.54, 1.807) is 36.4 Å². The van der Waals surface area contributed by atoms with Crippen molar-refractivity contribution in [1.82, 2.24) is 5.32 Å². The van der Waals surface area contributed by atoms with Gasteiger partial charge in [0, 0.05) is 16.5 Å². The van der Waals surface area contributed by atoms with E-state index in [1.165, 1.54) is 0 Å². The number of amides is 1. The molecule has 35 heavy (non-hydrogen) atoms. The van der Waals surface area contributed by atoms with Crippen molar-refractivity contribution < 1.29 is 29.0 Å². The normalized spacial score (nSPS) is 11.4. The smallest absolute Gasteiger partial charge is 0.408 e. The minimum absolute atomic E-state index is 0.0332. The van der Waals surface area contributed by atoms with Crippen LogP contribution in [0.15, 0.2) is 71.2 Å². The minimum atomic E-state index is -1.10. The molecule has 1 amide bonds. The Hall–Kier alpha value is -2.19. The summed E-state index contributed by atoms with van der Waals surface area (Å²) in [5.74, 6) is -1.00. The molecule has 3 aromatic carbocycles. The van der Waals surface area contributed by atoms with E-state index in [0.717, 1.165) is 10.0 Å². The molecular formula is C25H20BrI2NO6. The van der Waals surface area contributed by atoms with Gasteiger partial charge in [0.15, 0.2) is 12.4 Å². The maximum Gasteiger partial charge on any atom is 0.408 e. The predicted octanol–water partition coefficient (Wildman–Crippen LogP) is 5.63. The number of esters is 1. The van der Waals surface area contributed by atoms with Gasteiger partial charge in [0.2, 0.25) is 0 Å². The highest BCUT2D eigenvalue weighted by Crippen LogP contribution is 2.28. The summed E-state index contributed by atoms with van der Waals surface area (Å²) in [6, 6.07) is 18.1. The third kappa shape index (κ3) is 8.46. The first-order valence-corrected chi connectivity index (χ1v) is 13.3. The van der Waals surface area contributed by atoms with Gasteiger partial charge in [0.25, 0.3) is 0 Å². The van der Waals surface area contributed by atoms with Crippen molar-refractivity contribution in [3.63, 3.8) is 0 Å². The molecule has 1 atom stereocenters. The molecule has 10 heteroatoms. The number of carbonyl (C=O) groups excluding carboxylic acids is 3. The van der Waals surface area contributed by atoms with Crippen LogP contribution in [0.1, 0.15) is 21.5 Å². The number of alkyl carbamates (subject to hydrolysis) is 1. The lowest BCUT2D eigenvalue weighted by atomic mass is 10.1. The molecule has 0 aliphatic carbocycles. The Kier molecular flexibility index (Phi) is 10.3. The summed E-state index contributed by atoms with van der Waals surface area (Å²) in [5, 5.41) is 12.6. The number of hydrogen-bond acceptors (Lipinski definition) is 6. The molecule has 0 unspecified atom stereocenters. The lowest BCUT2D eigenvalue weighted by Gasteiger charge is -2.18. The first-order chi connectivity index (χ1) is 16.7. The number of Topliss-reactive ketones (excluding diaryl/α,β-unsaturated/α-hetero) is 1. The first kappa shape index (κ1) is 27.4. The van der Waals surface area contributed by atoms with E-state index in [2.05, 4.69) is 21.2 Å². The zero-order chi connectivity index (χ0) is 25.4. The Morgan fingerprint density at radius 1 is 0.914 bits per heavy atom. The Morgan fingerprint density at radius 2 is 1.54 bits per heavy atom. The molecule has 0 aliphatic rings. The number of ether oxygens (including phenoxy) is 2. The molecule has 0 fully saturated rings. The summed E-state index contributed by atoms with van der Waals surface area (Å²) in [6.07, 6.45) is -0.712. The summed E-state index contributed by atoms with van der Waals surface area (Å²) >= 11 is 7.28. The van der Waals surface area contributed by atoms with Gasteiger partial charge >= 0.3 is 12.1 Å². The van der Waals surface area contributed by atoms with Crippen LogP contribution in [-0.4, -0.2) is 35.6 Å². The van der Waals surface area contributed by atoms with E-state index < -0.39 is 24.7 Å². The summed E-state index contributed by atoms with van der Waals surface area (Å²) in [5.41, 5.74) is 1.89. The maximum absolute atomic E-state index is 12.9. The van der Waals surface area contributed by atoms with Crippen molar-refractivity contribution in [2.24, 2.45) is 0 Å². The fraction of sp³-hybridized carbons (Fsp3) is 0.160. The standard InChI is InChI=1S/C25H20BrI2NO6/c26-18-8-6-17(7-9-18)22(30)14-34-24(32)21(12-16-10-19(27)23(31)20(28)11-16)29-25(33)35-13-15-4-2-1-3-5-15/h1-11,21,31H,12-14H2,(H,29,33)/t21-/m1/s1. The topological polar surface area (TPSA) is 102 Å². The van der Waals surface area contributed by atoms with E-state index >= 15 is 0 Å². The van der Waals surface area contributed by atoms with Gasteiger partial charge in [-0.3, -0.25) is 4.79 Å². The molecule has 0 bridgehead atoms. The summed E-state index contributed by atoms with van der Waals surface area (Å²) < 4.78 is 12.5. The zero-order valence-electron chi connectivity index (χ0n) is 18.2. The first-order valence-electron chi connectivity index (χ1n) is 10.3. The molecule has 3 rings (SSSR count). The average Bonchev–Trinajstić information content (AvgIpc) is 2.85. The van der Waals surface area contributed by atoms with Crippen molar-refractivity contribution in [2.45, 2.75) is 19.1 Å². The van der Waals surface area contributed by atoms with Crippen molar-refractivity contribution in [3.05, 3.63) is 95.0 Å². The molecule has 3 aromatic rings. The second-order valence-electron chi connectivity index (χ2n) is 7.41. The largest absolute Gasteiger partial charge is 0.506 e. The summed E-state index contributed by atoms with van der Waals surface area (Å²) in [7, 11) is 0. The second-order valence-corrected chi connectivity index (χ2v) is 10.6. The SMILES string of the molecule is O=C(N[C@H](Cc1cc(I)c(O)c(I)c1)C(=O)OCC(=O)c1ccc(Br)cc1)OCc1ccccc1. The van der Waals surface area contributed by atoms with Crippen LogP contribution in [0.25, 0.3) is 0 Å². The van der Waals surface area contributed by atoms with E-state index in [-0.39, 0.29) is 24.6 Å². The molecule has 182 valence electrons. The molecule has 2 N–H and O–H groups in total. The molecule has 0 heterocycles. The number of hydrogen-bond donors (Lipinski definition) is 2. The van der Waals surface area contributed by atoms with E-state index in [9.17, 15) is 19.5 Å². The fourth-order valence-corrected chi connectivity index (χ4v) is 5.19. The number of halogens is 3. The number of phenolic OH excluding ortho intramolecular Hbond substituents is 1. The molecule has 0 spiro atoms. The lowest BCUT2D eigenvalue weighted by molar-refractivity contribution is -0.144. The molecule has 0 aliphatic heterocycles. The average molecular weight is 764 g/mol. The number of aromatic hydroxyl groups is 1. The number of nitrogens with one attached hydrogen (secondary N) is 1. The maximum atomic E-state index is 12.9. The Balaban J connectivity index is 1.69. The van der Waals surface area contributed by atoms with E-state index in [4.69, 9.17) is 9.47 Å². The lowest BCUT2D eigenvalue weighted by Crippen LogP contribution is -2.44. The van der Waals surface area contributed by atoms with Crippen molar-refractivity contribution in [3.8, 4) is 5.75 Å². The van der Waals surface area contributed by atoms with Crippen LogP contribution in [0.5, 0.6) is 5.75 Å². The number of benzene rings is 3. The minimum Gasteiger partial charge on any atom is -0.506 e. The zero-order valence-corrected chi connectivity index (χ0v) is 24.1. The summed E-state index contributed by atoms with van der Waals surface area (Å²) in [4.78, 5) is 37.7. The Labute approximate surface area is 238 Å². The fourth-order valence-electron chi connectivity index (χ4n) is 3.03. The van der Waals surface area contributed by atoms with Crippen molar-refractivity contribution in [1.29, 1.82) is 0 Å². The molecule has 0 saturated heterocycles. The van der Waals surface area contributed by atoms with Crippen LogP contribution >= 0.6 is 61.1 Å². The molecule has 0 aromatic heterocycles. The molecular weight excluding hydrogens is 744 g/mol. The Bertz CT molecular complexity index is 1180. The van der Waals surface area contributed by atoms with Gasteiger partial charge in [-0.25, -0.2) is 9.59 Å². The van der Waals surface area contributed by atoms with E-state index in [1.807, 2.05) is 75.5 Å². The monoisotopic (exact) mass is 763 g/mol. The van der Waals surface area contributed by atoms with Crippen LogP contribution < -0.4 is 5.32 Å². The van der Waals surface area contributed by atoms with Crippen LogP contribution in [0.4, 0.5) is 4.79 Å². The van der Waals surface area contributed by atoms with Gasteiger partial charge in [-0.05, 0) is 80.6 Å². The third-order valence-corrected chi connectivity index (χ3v) is 6.99. The molecule has 0 radical (unpaired) electrons. The number of rotatable bonds is 9.